The van der Waals surface area contributed by atoms with Crippen molar-refractivity contribution in [3.63, 3.8) is 0 Å². The summed E-state index contributed by atoms with van der Waals surface area (Å²) in [5.41, 5.74) is 0.485. The molecule has 0 radical (unpaired) electrons. The summed E-state index contributed by atoms with van der Waals surface area (Å²) in [7, 11) is -1.54. The van der Waals surface area contributed by atoms with Crippen LogP contribution >= 0.6 is 0 Å². The van der Waals surface area contributed by atoms with Crippen molar-refractivity contribution >= 4 is 27.4 Å². The maximum Gasteiger partial charge on any atom is 0.239 e. The lowest BCUT2D eigenvalue weighted by molar-refractivity contribution is -0.126. The predicted molar refractivity (Wildman–Crippen MR) is 94.8 cm³/mol. The van der Waals surface area contributed by atoms with Gasteiger partial charge in [-0.3, -0.25) is 14.4 Å². The van der Waals surface area contributed by atoms with Gasteiger partial charge in [0.2, 0.25) is 11.8 Å². The second-order valence-corrected chi connectivity index (χ2v) is 8.32. The third-order valence-corrected chi connectivity index (χ3v) is 5.80. The third-order valence-electron chi connectivity index (χ3n) is 4.03. The monoisotopic (exact) mass is 382 g/mol. The summed E-state index contributed by atoms with van der Waals surface area (Å²) in [5, 5.41) is 5.01. The van der Waals surface area contributed by atoms with Gasteiger partial charge in [0.05, 0.1) is 25.2 Å². The van der Waals surface area contributed by atoms with Crippen molar-refractivity contribution in [2.75, 3.05) is 25.2 Å². The van der Waals surface area contributed by atoms with Crippen molar-refractivity contribution in [1.82, 2.24) is 10.6 Å². The van der Waals surface area contributed by atoms with Crippen molar-refractivity contribution in [2.45, 2.75) is 25.3 Å². The highest BCUT2D eigenvalue weighted by atomic mass is 32.2. The summed E-state index contributed by atoms with van der Waals surface area (Å²) in [6.45, 7) is -0.244. The number of benzene rings is 1. The maximum absolute atomic E-state index is 12.0. The van der Waals surface area contributed by atoms with Crippen LogP contribution in [0.5, 0.6) is 5.75 Å². The van der Waals surface area contributed by atoms with Gasteiger partial charge in [-0.1, -0.05) is 0 Å². The average Bonchev–Trinajstić information content (AvgIpc) is 2.96. The Labute approximate surface area is 152 Å². The summed E-state index contributed by atoms with van der Waals surface area (Å²) in [6, 6.07) is 6.19. The largest absolute Gasteiger partial charge is 0.497 e. The first-order valence-corrected chi connectivity index (χ1v) is 10.0. The van der Waals surface area contributed by atoms with E-state index in [1.807, 2.05) is 0 Å². The van der Waals surface area contributed by atoms with E-state index in [9.17, 15) is 22.8 Å². The van der Waals surface area contributed by atoms with Gasteiger partial charge < -0.3 is 15.4 Å². The number of ketones is 1. The first-order valence-electron chi connectivity index (χ1n) is 8.23. The Morgan fingerprint density at radius 1 is 1.12 bits per heavy atom. The fraction of sp³-hybridized carbons (Fsp3) is 0.471. The molecule has 2 N–H and O–H groups in total. The number of nitrogens with one attached hydrogen (secondary N) is 2. The minimum Gasteiger partial charge on any atom is -0.497 e. The molecule has 1 aliphatic heterocycles. The number of rotatable bonds is 8. The Hall–Kier alpha value is -2.42. The molecule has 0 aliphatic carbocycles. The highest BCUT2D eigenvalue weighted by molar-refractivity contribution is 7.91. The molecule has 1 atom stereocenters. The van der Waals surface area contributed by atoms with Gasteiger partial charge in [0.15, 0.2) is 15.6 Å². The van der Waals surface area contributed by atoms with Gasteiger partial charge in [-0.05, 0) is 30.7 Å². The minimum atomic E-state index is -3.07. The van der Waals surface area contributed by atoms with Crippen LogP contribution in [0.1, 0.15) is 29.6 Å². The number of methoxy groups -OCH3 is 1. The van der Waals surface area contributed by atoms with Crippen molar-refractivity contribution in [3.05, 3.63) is 29.8 Å². The van der Waals surface area contributed by atoms with Crippen molar-refractivity contribution < 1.29 is 27.5 Å². The Morgan fingerprint density at radius 2 is 1.81 bits per heavy atom. The molecular formula is C17H22N2O6S. The van der Waals surface area contributed by atoms with Crippen LogP contribution in [0, 0.1) is 0 Å². The van der Waals surface area contributed by atoms with E-state index in [1.54, 1.807) is 24.3 Å². The fourth-order valence-electron chi connectivity index (χ4n) is 2.60. The predicted octanol–water partition coefficient (Wildman–Crippen LogP) is 0.0776. The molecule has 1 aliphatic rings. The summed E-state index contributed by atoms with van der Waals surface area (Å²) < 4.78 is 27.7. The number of hydrogen-bond donors (Lipinski definition) is 2. The molecule has 1 aromatic rings. The van der Waals surface area contributed by atoms with Crippen molar-refractivity contribution in [1.29, 1.82) is 0 Å². The zero-order valence-electron chi connectivity index (χ0n) is 14.5. The van der Waals surface area contributed by atoms with E-state index in [4.69, 9.17) is 4.74 Å². The third kappa shape index (κ3) is 6.14. The van der Waals surface area contributed by atoms with Crippen molar-refractivity contribution in [2.24, 2.45) is 0 Å². The van der Waals surface area contributed by atoms with Gasteiger partial charge in [-0.2, -0.15) is 0 Å². The molecule has 2 rings (SSSR count). The number of carbonyl (C=O) groups excluding carboxylic acids is 3. The van der Waals surface area contributed by atoms with Gasteiger partial charge in [0, 0.05) is 24.4 Å². The van der Waals surface area contributed by atoms with Crippen LogP contribution in [0.3, 0.4) is 0 Å². The first kappa shape index (κ1) is 19.9. The summed E-state index contributed by atoms with van der Waals surface area (Å²) >= 11 is 0. The second-order valence-electron chi connectivity index (χ2n) is 6.10. The number of ether oxygens (including phenoxy) is 1. The topological polar surface area (TPSA) is 119 Å². The number of hydrogen-bond acceptors (Lipinski definition) is 6. The normalized spacial score (nSPS) is 18.1. The molecule has 1 heterocycles. The zero-order valence-corrected chi connectivity index (χ0v) is 15.3. The molecule has 8 nitrogen and oxygen atoms in total. The molecule has 0 aromatic heterocycles. The molecule has 1 aromatic carbocycles. The fourth-order valence-corrected chi connectivity index (χ4v) is 4.28. The number of Topliss-reactive ketones (excluding diaryl/α,β-unsaturated/α-hetero) is 1. The van der Waals surface area contributed by atoms with Gasteiger partial charge in [0.1, 0.15) is 5.75 Å². The van der Waals surface area contributed by atoms with Crippen LogP contribution in [0.4, 0.5) is 0 Å². The summed E-state index contributed by atoms with van der Waals surface area (Å²) in [4.78, 5) is 35.5. The van der Waals surface area contributed by atoms with Crippen LogP contribution in [-0.4, -0.2) is 57.2 Å². The smallest absolute Gasteiger partial charge is 0.239 e. The molecule has 0 bridgehead atoms. The Balaban J connectivity index is 1.68. The first-order chi connectivity index (χ1) is 12.3. The average molecular weight is 382 g/mol. The molecule has 1 fully saturated rings. The van der Waals surface area contributed by atoms with E-state index in [0.29, 0.717) is 17.7 Å². The molecule has 0 spiro atoms. The number of amides is 2. The summed E-state index contributed by atoms with van der Waals surface area (Å²) in [5.74, 6) is -0.396. The molecular weight excluding hydrogens is 360 g/mol. The molecule has 142 valence electrons. The summed E-state index contributed by atoms with van der Waals surface area (Å²) in [6.07, 6.45) is 0.384. The lowest BCUT2D eigenvalue weighted by atomic mass is 10.1. The van der Waals surface area contributed by atoms with E-state index < -0.39 is 27.7 Å². The molecule has 2 amide bonds. The SMILES string of the molecule is COc1ccc(C(=O)CCC(=O)NCC(=O)NC2CCS(=O)(=O)C2)cc1. The van der Waals surface area contributed by atoms with E-state index in [2.05, 4.69) is 10.6 Å². The molecule has 1 saturated heterocycles. The van der Waals surface area contributed by atoms with E-state index in [1.165, 1.54) is 7.11 Å². The molecule has 9 heteroatoms. The number of sulfone groups is 1. The van der Waals surface area contributed by atoms with Gasteiger partial charge >= 0.3 is 0 Å². The molecule has 26 heavy (non-hydrogen) atoms. The second kappa shape index (κ2) is 8.79. The highest BCUT2D eigenvalue weighted by Gasteiger charge is 2.28. The zero-order chi connectivity index (χ0) is 19.2. The van der Waals surface area contributed by atoms with Crippen LogP contribution < -0.4 is 15.4 Å². The quantitative estimate of drug-likeness (QED) is 0.615. The van der Waals surface area contributed by atoms with E-state index in [-0.39, 0.29) is 36.7 Å². The van der Waals surface area contributed by atoms with Crippen LogP contribution in [0.25, 0.3) is 0 Å². The van der Waals surface area contributed by atoms with Crippen LogP contribution in [0.15, 0.2) is 24.3 Å². The Bertz CT molecular complexity index is 773. The lowest BCUT2D eigenvalue weighted by Gasteiger charge is -2.11. The van der Waals surface area contributed by atoms with Gasteiger partial charge in [0.25, 0.3) is 0 Å². The van der Waals surface area contributed by atoms with Gasteiger partial charge in [-0.15, -0.1) is 0 Å². The molecule has 0 saturated carbocycles. The highest BCUT2D eigenvalue weighted by Crippen LogP contribution is 2.13. The lowest BCUT2D eigenvalue weighted by Crippen LogP contribution is -2.42. The Kier molecular flexibility index (Phi) is 6.73. The minimum absolute atomic E-state index is 0.0284. The van der Waals surface area contributed by atoms with Crippen LogP contribution in [0.2, 0.25) is 0 Å². The molecule has 1 unspecified atom stereocenters. The van der Waals surface area contributed by atoms with Gasteiger partial charge in [-0.25, -0.2) is 8.42 Å². The van der Waals surface area contributed by atoms with Crippen LogP contribution in [-0.2, 0) is 19.4 Å². The number of carbonyl (C=O) groups is 3. The van der Waals surface area contributed by atoms with E-state index in [0.717, 1.165) is 0 Å². The van der Waals surface area contributed by atoms with Crippen molar-refractivity contribution in [3.8, 4) is 5.75 Å². The maximum atomic E-state index is 12.0. The standard InChI is InChI=1S/C17H22N2O6S/c1-25-14-4-2-12(3-5-14)15(20)6-7-16(21)18-10-17(22)19-13-8-9-26(23,24)11-13/h2-5,13H,6-11H2,1H3,(H,18,21)(H,19,22). The Morgan fingerprint density at radius 3 is 2.38 bits per heavy atom. The van der Waals surface area contributed by atoms with E-state index >= 15 is 0 Å².